The average Bonchev–Trinajstić information content (AvgIpc) is 2.91. The molecule has 1 aliphatic rings. The quantitative estimate of drug-likeness (QED) is 0.127. The van der Waals surface area contributed by atoms with Gasteiger partial charge in [0, 0.05) is 17.5 Å². The molecule has 186 valence electrons. The van der Waals surface area contributed by atoms with E-state index in [1.54, 1.807) is 24.3 Å². The number of halogens is 1. The topological polar surface area (TPSA) is 91.6 Å². The van der Waals surface area contributed by atoms with E-state index >= 15 is 0 Å². The lowest BCUT2D eigenvalue weighted by Gasteiger charge is -2.22. The molecule has 37 heavy (non-hydrogen) atoms. The van der Waals surface area contributed by atoms with E-state index in [-0.39, 0.29) is 24.7 Å². The summed E-state index contributed by atoms with van der Waals surface area (Å²) in [4.78, 5) is 29.0. The lowest BCUT2D eigenvalue weighted by atomic mass is 9.86. The predicted molar refractivity (Wildman–Crippen MR) is 138 cm³/mol. The van der Waals surface area contributed by atoms with E-state index < -0.39 is 16.7 Å². The lowest BCUT2D eigenvalue weighted by Crippen LogP contribution is -2.18. The molecule has 3 aromatic carbocycles. The molecule has 4 aromatic rings. The normalized spacial score (nSPS) is 13.8. The van der Waals surface area contributed by atoms with Crippen molar-refractivity contribution in [3.05, 3.63) is 111 Å². The molecule has 0 saturated carbocycles. The number of carbonyl (C=O) groups is 1. The van der Waals surface area contributed by atoms with Crippen LogP contribution in [-0.2, 0) is 11.2 Å². The van der Waals surface area contributed by atoms with Crippen LogP contribution in [0.25, 0.3) is 22.6 Å². The van der Waals surface area contributed by atoms with E-state index in [0.717, 1.165) is 24.0 Å². The third-order valence-corrected chi connectivity index (χ3v) is 6.21. The molecular formula is C29H23FN2O5. The highest BCUT2D eigenvalue weighted by Gasteiger charge is 2.26. The predicted octanol–water partition coefficient (Wildman–Crippen LogP) is 6.39. The molecule has 0 saturated heterocycles. The number of nitro groups is 1. The molecule has 0 N–H and O–H groups in total. The first kappa shape index (κ1) is 24.1. The van der Waals surface area contributed by atoms with Gasteiger partial charge in [0.25, 0.3) is 5.69 Å². The van der Waals surface area contributed by atoms with Crippen LogP contribution in [0.4, 0.5) is 10.1 Å². The fourth-order valence-electron chi connectivity index (χ4n) is 4.56. The molecule has 1 heterocycles. The summed E-state index contributed by atoms with van der Waals surface area (Å²) in [5.74, 6) is -0.879. The van der Waals surface area contributed by atoms with E-state index in [9.17, 15) is 19.3 Å². The summed E-state index contributed by atoms with van der Waals surface area (Å²) < 4.78 is 24.7. The molecule has 8 heteroatoms. The maximum atomic E-state index is 13.8. The molecule has 7 nitrogen and oxygen atoms in total. The number of nitro benzene ring substituents is 1. The number of nitrogens with zero attached hydrogens (tertiary/aromatic N) is 2. The van der Waals surface area contributed by atoms with Crippen LogP contribution in [0.2, 0.25) is 0 Å². The number of ether oxygens (including phenoxy) is 2. The van der Waals surface area contributed by atoms with Crippen LogP contribution in [0.1, 0.15) is 40.0 Å². The third kappa shape index (κ3) is 5.18. The maximum Gasteiger partial charge on any atom is 0.339 e. The molecule has 0 spiro atoms. The Morgan fingerprint density at radius 1 is 1.03 bits per heavy atom. The van der Waals surface area contributed by atoms with E-state index in [1.165, 1.54) is 24.3 Å². The standard InChI is InChI=1S/C29H23FN2O5/c30-24-12-2-4-14-26(24)36-15-16-37-29(33)27-22-10-1-3-13-25(22)31-28-20(8-6-11-23(27)28)17-19-7-5-9-21(18-19)32(34)35/h1-5,7,9-10,12-14,17-18H,6,8,11,15-16H2. The van der Waals surface area contributed by atoms with Crippen molar-refractivity contribution in [1.29, 1.82) is 0 Å². The summed E-state index contributed by atoms with van der Waals surface area (Å²) in [6.07, 6.45) is 4.07. The largest absolute Gasteiger partial charge is 0.487 e. The smallest absolute Gasteiger partial charge is 0.339 e. The van der Waals surface area contributed by atoms with Crippen LogP contribution < -0.4 is 4.74 Å². The van der Waals surface area contributed by atoms with Gasteiger partial charge in [-0.3, -0.25) is 10.1 Å². The van der Waals surface area contributed by atoms with Gasteiger partial charge in [-0.15, -0.1) is 0 Å². The zero-order chi connectivity index (χ0) is 25.8. The Labute approximate surface area is 212 Å². The Bertz CT molecular complexity index is 1530. The highest BCUT2D eigenvalue weighted by molar-refractivity contribution is 6.06. The molecule has 0 atom stereocenters. The zero-order valence-electron chi connectivity index (χ0n) is 19.9. The van der Waals surface area contributed by atoms with Crippen LogP contribution in [-0.4, -0.2) is 29.1 Å². The number of allylic oxidation sites excluding steroid dienone is 1. The number of esters is 1. The minimum absolute atomic E-state index is 0.00974. The van der Waals surface area contributed by atoms with Gasteiger partial charge in [-0.25, -0.2) is 14.2 Å². The van der Waals surface area contributed by atoms with E-state index in [2.05, 4.69) is 0 Å². The van der Waals surface area contributed by atoms with E-state index in [1.807, 2.05) is 30.3 Å². The monoisotopic (exact) mass is 498 g/mol. The third-order valence-electron chi connectivity index (χ3n) is 6.21. The minimum Gasteiger partial charge on any atom is -0.487 e. The molecule has 0 bridgehead atoms. The van der Waals surface area contributed by atoms with Gasteiger partial charge in [-0.1, -0.05) is 42.5 Å². The molecule has 0 amide bonds. The number of para-hydroxylation sites is 2. The van der Waals surface area contributed by atoms with Crippen molar-refractivity contribution in [3.8, 4) is 5.75 Å². The van der Waals surface area contributed by atoms with Gasteiger partial charge in [0.05, 0.1) is 21.7 Å². The Morgan fingerprint density at radius 3 is 2.68 bits per heavy atom. The van der Waals surface area contributed by atoms with Gasteiger partial charge in [-0.2, -0.15) is 0 Å². The highest BCUT2D eigenvalue weighted by atomic mass is 19.1. The van der Waals surface area contributed by atoms with Crippen molar-refractivity contribution in [2.45, 2.75) is 19.3 Å². The Morgan fingerprint density at radius 2 is 1.84 bits per heavy atom. The summed E-state index contributed by atoms with van der Waals surface area (Å²) in [7, 11) is 0. The molecule has 0 radical (unpaired) electrons. The number of pyridine rings is 1. The number of hydrogen-bond donors (Lipinski definition) is 0. The molecule has 1 aliphatic carbocycles. The van der Waals surface area contributed by atoms with Crippen molar-refractivity contribution in [2.24, 2.45) is 0 Å². The van der Waals surface area contributed by atoms with Gasteiger partial charge in [0.2, 0.25) is 0 Å². The number of benzene rings is 3. The Balaban J connectivity index is 1.46. The highest BCUT2D eigenvalue weighted by Crippen LogP contribution is 2.36. The zero-order valence-corrected chi connectivity index (χ0v) is 19.9. The maximum absolute atomic E-state index is 13.8. The summed E-state index contributed by atoms with van der Waals surface area (Å²) >= 11 is 0. The summed E-state index contributed by atoms with van der Waals surface area (Å²) in [5.41, 5.74) is 4.22. The van der Waals surface area contributed by atoms with Crippen molar-refractivity contribution in [3.63, 3.8) is 0 Å². The number of rotatable bonds is 7. The van der Waals surface area contributed by atoms with Crippen molar-refractivity contribution < 1.29 is 23.6 Å². The Hall–Kier alpha value is -4.59. The second-order valence-electron chi connectivity index (χ2n) is 8.62. The number of hydrogen-bond acceptors (Lipinski definition) is 6. The second-order valence-corrected chi connectivity index (χ2v) is 8.62. The van der Waals surface area contributed by atoms with Crippen LogP contribution in [0, 0.1) is 15.9 Å². The Kier molecular flexibility index (Phi) is 6.89. The van der Waals surface area contributed by atoms with Crippen molar-refractivity contribution >= 4 is 34.2 Å². The first-order chi connectivity index (χ1) is 18.0. The van der Waals surface area contributed by atoms with E-state index in [4.69, 9.17) is 14.5 Å². The number of carbonyl (C=O) groups excluding carboxylic acids is 1. The van der Waals surface area contributed by atoms with Gasteiger partial charge in [-0.05, 0) is 60.2 Å². The summed E-state index contributed by atoms with van der Waals surface area (Å²) in [6.45, 7) is -0.0369. The van der Waals surface area contributed by atoms with Crippen LogP contribution >= 0.6 is 0 Å². The second kappa shape index (κ2) is 10.6. The number of aromatic nitrogens is 1. The van der Waals surface area contributed by atoms with Gasteiger partial charge in [0.1, 0.15) is 13.2 Å². The minimum atomic E-state index is -0.497. The molecule has 1 aromatic heterocycles. The van der Waals surface area contributed by atoms with Crippen molar-refractivity contribution in [1.82, 2.24) is 4.98 Å². The van der Waals surface area contributed by atoms with Gasteiger partial charge in [0.15, 0.2) is 11.6 Å². The fraction of sp³-hybridized carbons (Fsp3) is 0.172. The average molecular weight is 499 g/mol. The number of non-ortho nitro benzene ring substituents is 1. The lowest BCUT2D eigenvalue weighted by molar-refractivity contribution is -0.384. The van der Waals surface area contributed by atoms with Crippen LogP contribution in [0.5, 0.6) is 5.75 Å². The van der Waals surface area contributed by atoms with Crippen LogP contribution in [0.15, 0.2) is 72.8 Å². The molecule has 5 rings (SSSR count). The summed E-state index contributed by atoms with van der Waals surface area (Å²) in [5, 5.41) is 11.9. The first-order valence-electron chi connectivity index (χ1n) is 11.9. The van der Waals surface area contributed by atoms with Gasteiger partial charge >= 0.3 is 5.97 Å². The summed E-state index contributed by atoms with van der Waals surface area (Å²) in [6, 6.07) is 19.9. The molecular weight excluding hydrogens is 475 g/mol. The molecule has 0 unspecified atom stereocenters. The fourth-order valence-corrected chi connectivity index (χ4v) is 4.56. The molecule has 0 fully saturated rings. The van der Waals surface area contributed by atoms with Crippen molar-refractivity contribution in [2.75, 3.05) is 13.2 Å². The number of fused-ring (bicyclic) bond motifs is 2. The van der Waals surface area contributed by atoms with Crippen LogP contribution in [0.3, 0.4) is 0 Å². The SMILES string of the molecule is O=C(OCCOc1ccccc1F)c1c2c(nc3ccccc13)C(=Cc1cccc([N+](=O)[O-])c1)CCC2. The van der Waals surface area contributed by atoms with E-state index in [0.29, 0.717) is 34.1 Å². The first-order valence-corrected chi connectivity index (χ1v) is 11.9. The molecule has 0 aliphatic heterocycles. The van der Waals surface area contributed by atoms with Gasteiger partial charge < -0.3 is 9.47 Å².